The van der Waals surface area contributed by atoms with Crippen LogP contribution in [0, 0.1) is 6.92 Å². The quantitative estimate of drug-likeness (QED) is 0.649. The van der Waals surface area contributed by atoms with Crippen LogP contribution >= 0.6 is 15.9 Å². The number of amides is 1. The second kappa shape index (κ2) is 8.06. The molecule has 1 heterocycles. The Morgan fingerprint density at radius 3 is 2.62 bits per heavy atom. The lowest BCUT2D eigenvalue weighted by atomic mass is 10.1. The van der Waals surface area contributed by atoms with Gasteiger partial charge < -0.3 is 14.6 Å². The van der Waals surface area contributed by atoms with Crippen LogP contribution in [0.1, 0.15) is 21.7 Å². The van der Waals surface area contributed by atoms with Crippen molar-refractivity contribution < 1.29 is 9.21 Å². The molecule has 1 N–H and O–H groups in total. The number of nitrogens with one attached hydrogen (secondary N) is 1. The minimum absolute atomic E-state index is 0.172. The molecule has 5 heteroatoms. The number of fused-ring (bicyclic) bond motifs is 1. The fourth-order valence-corrected chi connectivity index (χ4v) is 3.39. The number of rotatable bonds is 6. The highest BCUT2D eigenvalue weighted by Gasteiger charge is 2.20. The van der Waals surface area contributed by atoms with Crippen LogP contribution in [0.3, 0.4) is 0 Å². The molecule has 1 aromatic heterocycles. The molecule has 0 aliphatic heterocycles. The number of halogens is 1. The Hall–Kier alpha value is -2.11. The molecule has 0 saturated heterocycles. The third-order valence-electron chi connectivity index (χ3n) is 4.65. The van der Waals surface area contributed by atoms with Crippen molar-refractivity contribution in [1.29, 1.82) is 0 Å². The lowest BCUT2D eigenvalue weighted by molar-refractivity contribution is 0.0915. The molecular weight excluding hydrogens is 392 g/mol. The minimum Gasteiger partial charge on any atom is -0.451 e. The van der Waals surface area contributed by atoms with E-state index < -0.39 is 0 Å². The molecule has 0 aliphatic rings. The average molecular weight is 415 g/mol. The predicted molar refractivity (Wildman–Crippen MR) is 109 cm³/mol. The lowest BCUT2D eigenvalue weighted by Gasteiger charge is -2.24. The normalized spacial score (nSPS) is 12.5. The van der Waals surface area contributed by atoms with Crippen LogP contribution < -0.4 is 5.32 Å². The van der Waals surface area contributed by atoms with Crippen LogP contribution in [-0.4, -0.2) is 37.5 Å². The minimum atomic E-state index is -0.172. The van der Waals surface area contributed by atoms with Gasteiger partial charge in [-0.05, 0) is 51.2 Å². The summed E-state index contributed by atoms with van der Waals surface area (Å²) in [6.07, 6.45) is 0.875. The molecule has 0 saturated carbocycles. The molecule has 3 rings (SSSR count). The number of hydrogen-bond donors (Lipinski definition) is 1. The largest absolute Gasteiger partial charge is 0.451 e. The van der Waals surface area contributed by atoms with Crippen LogP contribution in [0.15, 0.2) is 57.4 Å². The van der Waals surface area contributed by atoms with Crippen molar-refractivity contribution in [3.63, 3.8) is 0 Å². The summed E-state index contributed by atoms with van der Waals surface area (Å²) in [6, 6.07) is 16.3. The van der Waals surface area contributed by atoms with Gasteiger partial charge in [0.25, 0.3) is 5.91 Å². The molecule has 0 aliphatic carbocycles. The molecular formula is C21H23BrN2O2. The molecule has 4 nitrogen and oxygen atoms in total. The van der Waals surface area contributed by atoms with Crippen molar-refractivity contribution in [3.05, 3.63) is 69.9 Å². The number of carbonyl (C=O) groups excluding carboxylic acids is 1. The van der Waals surface area contributed by atoms with Crippen molar-refractivity contribution in [2.75, 3.05) is 20.6 Å². The number of benzene rings is 2. The van der Waals surface area contributed by atoms with Crippen molar-refractivity contribution >= 4 is 32.8 Å². The molecule has 1 atom stereocenters. The highest BCUT2D eigenvalue weighted by Crippen LogP contribution is 2.28. The van der Waals surface area contributed by atoms with E-state index in [0.29, 0.717) is 12.3 Å². The third kappa shape index (κ3) is 4.17. The first-order valence-corrected chi connectivity index (χ1v) is 9.42. The van der Waals surface area contributed by atoms with Gasteiger partial charge in [0, 0.05) is 28.0 Å². The van der Waals surface area contributed by atoms with Crippen LogP contribution in [0.5, 0.6) is 0 Å². The summed E-state index contributed by atoms with van der Waals surface area (Å²) in [6.45, 7) is 2.47. The number of likely N-dealkylation sites (N-methyl/N-ethyl adjacent to an activating group) is 1. The average Bonchev–Trinajstić information content (AvgIpc) is 2.95. The zero-order valence-corrected chi connectivity index (χ0v) is 16.8. The SMILES string of the molecule is Cc1c(C(=O)NC[C@H](Cc2ccccc2)N(C)C)oc2ccc(Br)cc12. The van der Waals surface area contributed by atoms with Gasteiger partial charge in [-0.3, -0.25) is 4.79 Å². The molecule has 2 aromatic carbocycles. The van der Waals surface area contributed by atoms with Crippen LogP contribution in [0.4, 0.5) is 0 Å². The summed E-state index contributed by atoms with van der Waals surface area (Å²) in [5, 5.41) is 3.99. The topological polar surface area (TPSA) is 45.5 Å². The summed E-state index contributed by atoms with van der Waals surface area (Å²) in [5.74, 6) is 0.213. The van der Waals surface area contributed by atoms with Gasteiger partial charge in [0.1, 0.15) is 5.58 Å². The number of hydrogen-bond acceptors (Lipinski definition) is 3. The standard InChI is InChI=1S/C21H23BrN2O2/c1-14-18-12-16(22)9-10-19(18)26-20(14)21(25)23-13-17(24(2)3)11-15-7-5-4-6-8-15/h4-10,12,17H,11,13H2,1-3H3,(H,23,25)/t17-/m0/s1. The highest BCUT2D eigenvalue weighted by atomic mass is 79.9. The van der Waals surface area contributed by atoms with E-state index >= 15 is 0 Å². The summed E-state index contributed by atoms with van der Waals surface area (Å²) in [7, 11) is 4.06. The van der Waals surface area contributed by atoms with Crippen molar-refractivity contribution in [1.82, 2.24) is 10.2 Å². The van der Waals surface area contributed by atoms with Crippen molar-refractivity contribution in [3.8, 4) is 0 Å². The van der Waals surface area contributed by atoms with Crippen LogP contribution in [0.2, 0.25) is 0 Å². The lowest BCUT2D eigenvalue weighted by Crippen LogP contribution is -2.41. The van der Waals surface area contributed by atoms with E-state index in [2.05, 4.69) is 38.3 Å². The summed E-state index contributed by atoms with van der Waals surface area (Å²) in [5.41, 5.74) is 2.85. The summed E-state index contributed by atoms with van der Waals surface area (Å²) in [4.78, 5) is 14.8. The molecule has 0 radical (unpaired) electrons. The molecule has 1 amide bonds. The molecule has 136 valence electrons. The third-order valence-corrected chi connectivity index (χ3v) is 5.14. The summed E-state index contributed by atoms with van der Waals surface area (Å²) >= 11 is 3.46. The smallest absolute Gasteiger partial charge is 0.287 e. The molecule has 0 spiro atoms. The zero-order chi connectivity index (χ0) is 18.7. The second-order valence-electron chi connectivity index (χ2n) is 6.71. The summed E-state index contributed by atoms with van der Waals surface area (Å²) < 4.78 is 6.75. The van der Waals surface area contributed by atoms with Crippen LogP contribution in [-0.2, 0) is 6.42 Å². The van der Waals surface area contributed by atoms with E-state index in [1.807, 2.05) is 57.4 Å². The fraction of sp³-hybridized carbons (Fsp3) is 0.286. The maximum atomic E-state index is 12.7. The Morgan fingerprint density at radius 1 is 1.19 bits per heavy atom. The Kier molecular flexibility index (Phi) is 5.79. The van der Waals surface area contributed by atoms with E-state index in [4.69, 9.17) is 4.42 Å². The van der Waals surface area contributed by atoms with Gasteiger partial charge in [0.2, 0.25) is 0 Å². The van der Waals surface area contributed by atoms with Gasteiger partial charge in [0.15, 0.2) is 5.76 Å². The zero-order valence-electron chi connectivity index (χ0n) is 15.3. The maximum absolute atomic E-state index is 12.7. The number of aryl methyl sites for hydroxylation is 1. The van der Waals surface area contributed by atoms with E-state index in [0.717, 1.165) is 27.4 Å². The van der Waals surface area contributed by atoms with Gasteiger partial charge in [-0.1, -0.05) is 46.3 Å². The Bertz CT molecular complexity index is 903. The Labute approximate surface area is 162 Å². The molecule has 0 bridgehead atoms. The fourth-order valence-electron chi connectivity index (χ4n) is 3.02. The van der Waals surface area contributed by atoms with E-state index in [1.165, 1.54) is 5.56 Å². The maximum Gasteiger partial charge on any atom is 0.287 e. The van der Waals surface area contributed by atoms with E-state index in [9.17, 15) is 4.79 Å². The van der Waals surface area contributed by atoms with Gasteiger partial charge in [-0.2, -0.15) is 0 Å². The second-order valence-corrected chi connectivity index (χ2v) is 7.63. The van der Waals surface area contributed by atoms with E-state index in [-0.39, 0.29) is 11.9 Å². The number of nitrogens with zero attached hydrogens (tertiary/aromatic N) is 1. The molecule has 0 unspecified atom stereocenters. The van der Waals surface area contributed by atoms with Gasteiger partial charge >= 0.3 is 0 Å². The number of furan rings is 1. The van der Waals surface area contributed by atoms with Gasteiger partial charge in [0.05, 0.1) is 0 Å². The molecule has 0 fully saturated rings. The highest BCUT2D eigenvalue weighted by molar-refractivity contribution is 9.10. The van der Waals surface area contributed by atoms with Gasteiger partial charge in [-0.25, -0.2) is 0 Å². The first-order valence-electron chi connectivity index (χ1n) is 8.63. The Morgan fingerprint density at radius 2 is 1.92 bits per heavy atom. The van der Waals surface area contributed by atoms with Crippen LogP contribution in [0.25, 0.3) is 11.0 Å². The first-order chi connectivity index (χ1) is 12.5. The molecule has 3 aromatic rings. The van der Waals surface area contributed by atoms with Gasteiger partial charge in [-0.15, -0.1) is 0 Å². The monoisotopic (exact) mass is 414 g/mol. The van der Waals surface area contributed by atoms with Crippen molar-refractivity contribution in [2.24, 2.45) is 0 Å². The molecule has 26 heavy (non-hydrogen) atoms. The van der Waals surface area contributed by atoms with E-state index in [1.54, 1.807) is 0 Å². The van der Waals surface area contributed by atoms with Crippen molar-refractivity contribution in [2.45, 2.75) is 19.4 Å². The first kappa shape index (κ1) is 18.7. The number of carbonyl (C=O) groups is 1. The Balaban J connectivity index is 1.71. The predicted octanol–water partition coefficient (Wildman–Crippen LogP) is 4.41.